The van der Waals surface area contributed by atoms with Gasteiger partial charge in [-0.25, -0.2) is 0 Å². The molecule has 0 unspecified atom stereocenters. The summed E-state index contributed by atoms with van der Waals surface area (Å²) < 4.78 is 0. The van der Waals surface area contributed by atoms with E-state index in [1.807, 2.05) is 0 Å². The highest BCUT2D eigenvalue weighted by Gasteiger charge is 2.03. The van der Waals surface area contributed by atoms with Crippen molar-refractivity contribution in [1.29, 1.82) is 0 Å². The molecular formula is C11H24ClP. The van der Waals surface area contributed by atoms with Crippen molar-refractivity contribution in [2.75, 3.05) is 18.5 Å². The maximum atomic E-state index is 3.83. The molecule has 0 saturated carbocycles. The maximum Gasteiger partial charge on any atom is -0.0147 e. The summed E-state index contributed by atoms with van der Waals surface area (Å²) in [4.78, 5) is 0. The van der Waals surface area contributed by atoms with Gasteiger partial charge in [0.2, 0.25) is 0 Å². The SMILES string of the molecule is C=CCP(CCCC)CCCC.Cl. The summed E-state index contributed by atoms with van der Waals surface area (Å²) in [7, 11) is 0.309. The fourth-order valence-corrected chi connectivity index (χ4v) is 3.72. The van der Waals surface area contributed by atoms with E-state index in [1.54, 1.807) is 0 Å². The zero-order valence-corrected chi connectivity index (χ0v) is 10.8. The Balaban J connectivity index is 0. The number of rotatable bonds is 8. The Morgan fingerprint density at radius 1 is 1.08 bits per heavy atom. The smallest absolute Gasteiger partial charge is 0.0147 e. The molecule has 0 radical (unpaired) electrons. The van der Waals surface area contributed by atoms with Crippen LogP contribution in [0.5, 0.6) is 0 Å². The highest BCUT2D eigenvalue weighted by Crippen LogP contribution is 2.37. The van der Waals surface area contributed by atoms with E-state index in [0.29, 0.717) is 7.92 Å². The molecule has 0 aromatic rings. The van der Waals surface area contributed by atoms with Crippen LogP contribution in [-0.2, 0) is 0 Å². The highest BCUT2D eigenvalue weighted by molar-refractivity contribution is 7.57. The number of allylic oxidation sites excluding steroid dienone is 1. The van der Waals surface area contributed by atoms with E-state index < -0.39 is 0 Å². The van der Waals surface area contributed by atoms with Crippen LogP contribution in [0.3, 0.4) is 0 Å². The average Bonchev–Trinajstić information content (AvgIpc) is 2.10. The maximum absolute atomic E-state index is 3.83. The molecule has 0 nitrogen and oxygen atoms in total. The number of hydrogen-bond donors (Lipinski definition) is 0. The summed E-state index contributed by atoms with van der Waals surface area (Å²) in [6.07, 6.45) is 11.9. The standard InChI is InChI=1S/C11H23P.ClH/c1-4-7-10-12(9-6-3)11-8-5-2;/h6H,3-5,7-11H2,1-2H3;1H. The minimum Gasteiger partial charge on any atom is -0.147 e. The molecule has 0 fully saturated rings. The van der Waals surface area contributed by atoms with E-state index in [0.717, 1.165) is 0 Å². The molecule has 0 heterocycles. The topological polar surface area (TPSA) is 0 Å². The minimum atomic E-state index is 0. The quantitative estimate of drug-likeness (QED) is 0.413. The molecule has 0 spiro atoms. The molecule has 0 N–H and O–H groups in total. The van der Waals surface area contributed by atoms with Gasteiger partial charge >= 0.3 is 0 Å². The molecule has 0 bridgehead atoms. The Kier molecular flexibility index (Phi) is 15.3. The van der Waals surface area contributed by atoms with Crippen molar-refractivity contribution in [2.45, 2.75) is 39.5 Å². The van der Waals surface area contributed by atoms with E-state index in [1.165, 1.54) is 44.2 Å². The highest BCUT2D eigenvalue weighted by atomic mass is 35.5. The molecule has 0 aromatic carbocycles. The Labute approximate surface area is 91.4 Å². The van der Waals surface area contributed by atoms with Gasteiger partial charge in [-0.1, -0.05) is 32.8 Å². The lowest BCUT2D eigenvalue weighted by Crippen LogP contribution is -1.93. The average molecular weight is 223 g/mol. The number of halogens is 1. The molecule has 80 valence electrons. The molecule has 0 saturated heterocycles. The summed E-state index contributed by atoms with van der Waals surface area (Å²) in [5.41, 5.74) is 0. The second kappa shape index (κ2) is 12.5. The molecule has 0 aliphatic carbocycles. The van der Waals surface area contributed by atoms with E-state index in [-0.39, 0.29) is 12.4 Å². The van der Waals surface area contributed by atoms with Crippen LogP contribution < -0.4 is 0 Å². The van der Waals surface area contributed by atoms with E-state index >= 15 is 0 Å². The third-order valence-corrected chi connectivity index (χ3v) is 4.72. The van der Waals surface area contributed by atoms with Crippen LogP contribution in [0.2, 0.25) is 0 Å². The predicted octanol–water partition coefficient (Wildman–Crippen LogP) is 4.68. The summed E-state index contributed by atoms with van der Waals surface area (Å²) in [6, 6.07) is 0. The van der Waals surface area contributed by atoms with Gasteiger partial charge in [-0.2, -0.15) is 0 Å². The normalized spacial score (nSPS) is 9.77. The van der Waals surface area contributed by atoms with Gasteiger partial charge in [-0.05, 0) is 31.3 Å². The van der Waals surface area contributed by atoms with Gasteiger partial charge < -0.3 is 0 Å². The second-order valence-corrected chi connectivity index (χ2v) is 5.90. The Morgan fingerprint density at radius 3 is 1.85 bits per heavy atom. The number of unbranched alkanes of at least 4 members (excludes halogenated alkanes) is 2. The van der Waals surface area contributed by atoms with Gasteiger partial charge in [0.15, 0.2) is 0 Å². The van der Waals surface area contributed by atoms with Gasteiger partial charge in [-0.3, -0.25) is 0 Å². The Morgan fingerprint density at radius 2 is 1.54 bits per heavy atom. The molecule has 0 aromatic heterocycles. The van der Waals surface area contributed by atoms with Crippen molar-refractivity contribution in [3.05, 3.63) is 12.7 Å². The van der Waals surface area contributed by atoms with Gasteiger partial charge in [0, 0.05) is 0 Å². The molecule has 13 heavy (non-hydrogen) atoms. The zero-order chi connectivity index (χ0) is 9.23. The molecule has 0 atom stereocenters. The fraction of sp³-hybridized carbons (Fsp3) is 0.818. The van der Waals surface area contributed by atoms with Crippen molar-refractivity contribution in [3.8, 4) is 0 Å². The third kappa shape index (κ3) is 10.4. The van der Waals surface area contributed by atoms with Gasteiger partial charge in [-0.15, -0.1) is 26.9 Å². The van der Waals surface area contributed by atoms with Crippen LogP contribution >= 0.6 is 20.3 Å². The Hall–Kier alpha value is 0.460. The van der Waals surface area contributed by atoms with Crippen LogP contribution in [0.25, 0.3) is 0 Å². The first-order valence-corrected chi connectivity index (χ1v) is 7.08. The first-order chi connectivity index (χ1) is 5.85. The summed E-state index contributed by atoms with van der Waals surface area (Å²) in [5.74, 6) is 0. The first kappa shape index (κ1) is 15.9. The fourth-order valence-electron chi connectivity index (χ4n) is 1.24. The first-order valence-electron chi connectivity index (χ1n) is 5.18. The van der Waals surface area contributed by atoms with Gasteiger partial charge in [0.1, 0.15) is 0 Å². The van der Waals surface area contributed by atoms with Crippen molar-refractivity contribution >= 4 is 20.3 Å². The molecule has 2 heteroatoms. The second-order valence-electron chi connectivity index (χ2n) is 3.30. The lowest BCUT2D eigenvalue weighted by molar-refractivity contribution is 0.868. The lowest BCUT2D eigenvalue weighted by atomic mass is 10.4. The molecule has 0 rings (SSSR count). The van der Waals surface area contributed by atoms with Crippen LogP contribution in [0.1, 0.15) is 39.5 Å². The van der Waals surface area contributed by atoms with Crippen molar-refractivity contribution in [1.82, 2.24) is 0 Å². The summed E-state index contributed by atoms with van der Waals surface area (Å²) in [6.45, 7) is 8.39. The molecule has 0 amide bonds. The Bertz CT molecular complexity index is 96.3. The summed E-state index contributed by atoms with van der Waals surface area (Å²) >= 11 is 0. The van der Waals surface area contributed by atoms with E-state index in [4.69, 9.17) is 0 Å². The monoisotopic (exact) mass is 222 g/mol. The molecule has 0 aliphatic heterocycles. The predicted molar refractivity (Wildman–Crippen MR) is 68.8 cm³/mol. The third-order valence-electron chi connectivity index (χ3n) is 2.04. The van der Waals surface area contributed by atoms with Gasteiger partial charge in [0.25, 0.3) is 0 Å². The van der Waals surface area contributed by atoms with Crippen molar-refractivity contribution < 1.29 is 0 Å². The van der Waals surface area contributed by atoms with Gasteiger partial charge in [0.05, 0.1) is 0 Å². The molecule has 0 aliphatic rings. The van der Waals surface area contributed by atoms with Crippen molar-refractivity contribution in [3.63, 3.8) is 0 Å². The van der Waals surface area contributed by atoms with Crippen LogP contribution in [0.4, 0.5) is 0 Å². The van der Waals surface area contributed by atoms with Crippen molar-refractivity contribution in [2.24, 2.45) is 0 Å². The largest absolute Gasteiger partial charge is 0.147 e. The van der Waals surface area contributed by atoms with Crippen LogP contribution in [0.15, 0.2) is 12.7 Å². The van der Waals surface area contributed by atoms with E-state index in [9.17, 15) is 0 Å². The molecular weight excluding hydrogens is 199 g/mol. The van der Waals surface area contributed by atoms with E-state index in [2.05, 4.69) is 26.5 Å². The minimum absolute atomic E-state index is 0. The lowest BCUT2D eigenvalue weighted by Gasteiger charge is -2.14. The summed E-state index contributed by atoms with van der Waals surface area (Å²) in [5, 5.41) is 0. The van der Waals surface area contributed by atoms with Crippen LogP contribution in [0, 0.1) is 0 Å². The number of hydrogen-bond acceptors (Lipinski definition) is 0. The van der Waals surface area contributed by atoms with Crippen LogP contribution in [-0.4, -0.2) is 18.5 Å². The zero-order valence-electron chi connectivity index (χ0n) is 9.09.